The third-order valence-corrected chi connectivity index (χ3v) is 6.86. The zero-order valence-corrected chi connectivity index (χ0v) is 20.0. The molecule has 34 heavy (non-hydrogen) atoms. The average molecular weight is 457 g/mol. The van der Waals surface area contributed by atoms with Crippen LogP contribution < -0.4 is 4.74 Å². The number of carbonyl (C=O) groups excluding carboxylic acids is 2. The van der Waals surface area contributed by atoms with Crippen molar-refractivity contribution in [2.45, 2.75) is 38.3 Å². The fourth-order valence-electron chi connectivity index (χ4n) is 5.15. The van der Waals surface area contributed by atoms with Gasteiger partial charge in [-0.15, -0.1) is 13.2 Å². The quantitative estimate of drug-likeness (QED) is 0.296. The standard InChI is InChI=1S/C29H32N2O3/c1-5-7-8-14-25-23(11-6-2)28(32)26-22-12-9-10-13-24(22)30(3)27(26)29(33)31(25)19-20-15-17-21(34-4)18-16-20/h5-6,9-10,12-13,15-18,23,25H,1-2,7-8,11,14,19H2,3-4H3. The lowest BCUT2D eigenvalue weighted by Gasteiger charge is -2.35. The van der Waals surface area contributed by atoms with Gasteiger partial charge >= 0.3 is 0 Å². The van der Waals surface area contributed by atoms with Gasteiger partial charge in [0.15, 0.2) is 5.78 Å². The Labute approximate surface area is 201 Å². The SMILES string of the molecule is C=CCCCC1C(CC=C)C(=O)c2c(n(C)c3ccccc23)C(=O)N1Cc1ccc(OC)cc1. The Kier molecular flexibility index (Phi) is 7.01. The first-order chi connectivity index (χ1) is 16.5. The van der Waals surface area contributed by atoms with Crippen LogP contribution in [-0.4, -0.2) is 34.3 Å². The predicted octanol–water partition coefficient (Wildman–Crippen LogP) is 5.94. The number of carbonyl (C=O) groups is 2. The summed E-state index contributed by atoms with van der Waals surface area (Å²) in [7, 11) is 3.51. The van der Waals surface area contributed by atoms with E-state index in [0.717, 1.165) is 41.5 Å². The second-order valence-corrected chi connectivity index (χ2v) is 8.86. The van der Waals surface area contributed by atoms with Gasteiger partial charge in [0, 0.05) is 36.5 Å². The van der Waals surface area contributed by atoms with Crippen LogP contribution in [0.15, 0.2) is 73.8 Å². The number of aromatic nitrogens is 1. The number of rotatable bonds is 9. The van der Waals surface area contributed by atoms with Crippen LogP contribution in [0, 0.1) is 5.92 Å². The first kappa shape index (κ1) is 23.6. The summed E-state index contributed by atoms with van der Waals surface area (Å²) in [6, 6.07) is 15.3. The van der Waals surface area contributed by atoms with E-state index in [0.29, 0.717) is 24.2 Å². The van der Waals surface area contributed by atoms with Crippen molar-refractivity contribution in [3.63, 3.8) is 0 Å². The number of benzene rings is 2. The number of ketones is 1. The van der Waals surface area contributed by atoms with E-state index in [-0.39, 0.29) is 23.7 Å². The Hall–Kier alpha value is -3.60. The summed E-state index contributed by atoms with van der Waals surface area (Å²) in [4.78, 5) is 30.1. The van der Waals surface area contributed by atoms with Crippen LogP contribution in [0.3, 0.4) is 0 Å². The Morgan fingerprint density at radius 1 is 1.03 bits per heavy atom. The van der Waals surface area contributed by atoms with Crippen LogP contribution in [0.1, 0.15) is 52.1 Å². The highest BCUT2D eigenvalue weighted by molar-refractivity contribution is 6.18. The number of ether oxygens (including phenoxy) is 1. The van der Waals surface area contributed by atoms with Crippen molar-refractivity contribution in [3.05, 3.63) is 90.7 Å². The topological polar surface area (TPSA) is 51.5 Å². The number of methoxy groups -OCH3 is 1. The van der Waals surface area contributed by atoms with Gasteiger partial charge in [-0.3, -0.25) is 9.59 Å². The molecule has 176 valence electrons. The molecule has 0 N–H and O–H groups in total. The normalized spacial score (nSPS) is 18.0. The highest BCUT2D eigenvalue weighted by Gasteiger charge is 2.43. The molecule has 0 saturated heterocycles. The molecule has 1 amide bonds. The number of fused-ring (bicyclic) bond motifs is 3. The van der Waals surface area contributed by atoms with Gasteiger partial charge in [-0.05, 0) is 49.4 Å². The number of Topliss-reactive ketones (excluding diaryl/α,β-unsaturated/α-hetero) is 1. The summed E-state index contributed by atoms with van der Waals surface area (Å²) < 4.78 is 7.17. The number of unbranched alkanes of at least 4 members (excludes halogenated alkanes) is 1. The van der Waals surface area contributed by atoms with Gasteiger partial charge in [0.1, 0.15) is 11.4 Å². The fraction of sp³-hybridized carbons (Fsp3) is 0.310. The lowest BCUT2D eigenvalue weighted by molar-refractivity contribution is 0.0556. The van der Waals surface area contributed by atoms with E-state index in [1.165, 1.54) is 0 Å². The summed E-state index contributed by atoms with van der Waals surface area (Å²) in [6.07, 6.45) is 6.63. The number of para-hydroxylation sites is 1. The molecule has 0 bridgehead atoms. The molecule has 2 unspecified atom stereocenters. The smallest absolute Gasteiger partial charge is 0.271 e. The molecule has 5 nitrogen and oxygen atoms in total. The van der Waals surface area contributed by atoms with E-state index in [1.54, 1.807) is 13.2 Å². The summed E-state index contributed by atoms with van der Waals surface area (Å²) in [5, 5.41) is 0.837. The maximum absolute atomic E-state index is 14.2. The fourth-order valence-corrected chi connectivity index (χ4v) is 5.15. The number of amides is 1. The van der Waals surface area contributed by atoms with Gasteiger partial charge in [0.2, 0.25) is 0 Å². The van der Waals surface area contributed by atoms with Crippen molar-refractivity contribution in [2.75, 3.05) is 7.11 Å². The highest BCUT2D eigenvalue weighted by atomic mass is 16.5. The maximum atomic E-state index is 14.2. The highest BCUT2D eigenvalue weighted by Crippen LogP contribution is 2.37. The van der Waals surface area contributed by atoms with Crippen molar-refractivity contribution in [1.82, 2.24) is 9.47 Å². The van der Waals surface area contributed by atoms with Gasteiger partial charge < -0.3 is 14.2 Å². The van der Waals surface area contributed by atoms with E-state index in [1.807, 2.05) is 71.1 Å². The number of nitrogens with zero attached hydrogens (tertiary/aromatic N) is 2. The molecular weight excluding hydrogens is 424 g/mol. The lowest BCUT2D eigenvalue weighted by Crippen LogP contribution is -2.44. The summed E-state index contributed by atoms with van der Waals surface area (Å²) in [5.41, 5.74) is 2.90. The monoisotopic (exact) mass is 456 g/mol. The Balaban J connectivity index is 1.87. The molecular formula is C29H32N2O3. The van der Waals surface area contributed by atoms with E-state index < -0.39 is 0 Å². The number of allylic oxidation sites excluding steroid dienone is 2. The number of hydrogen-bond donors (Lipinski definition) is 0. The van der Waals surface area contributed by atoms with Crippen LogP contribution in [0.2, 0.25) is 0 Å². The second kappa shape index (κ2) is 10.1. The summed E-state index contributed by atoms with van der Waals surface area (Å²) in [5.74, 6) is 0.342. The van der Waals surface area contributed by atoms with Gasteiger partial charge in [0.05, 0.1) is 12.7 Å². The second-order valence-electron chi connectivity index (χ2n) is 8.86. The van der Waals surface area contributed by atoms with Crippen LogP contribution in [0.25, 0.3) is 10.9 Å². The predicted molar refractivity (Wildman–Crippen MR) is 136 cm³/mol. The summed E-state index contributed by atoms with van der Waals surface area (Å²) >= 11 is 0. The van der Waals surface area contributed by atoms with E-state index in [2.05, 4.69) is 13.2 Å². The number of hydrogen-bond acceptors (Lipinski definition) is 3. The molecule has 0 saturated carbocycles. The van der Waals surface area contributed by atoms with Crippen molar-refractivity contribution in [2.24, 2.45) is 13.0 Å². The average Bonchev–Trinajstić information content (AvgIpc) is 3.12. The van der Waals surface area contributed by atoms with Gasteiger partial charge in [-0.1, -0.05) is 42.5 Å². The zero-order valence-electron chi connectivity index (χ0n) is 20.0. The third-order valence-electron chi connectivity index (χ3n) is 6.86. The zero-order chi connectivity index (χ0) is 24.2. The Bertz CT molecular complexity index is 1220. The largest absolute Gasteiger partial charge is 0.497 e. The molecule has 5 heteroatoms. The maximum Gasteiger partial charge on any atom is 0.271 e. The van der Waals surface area contributed by atoms with Crippen molar-refractivity contribution >= 4 is 22.6 Å². The third kappa shape index (κ3) is 4.18. The van der Waals surface area contributed by atoms with Gasteiger partial charge in [0.25, 0.3) is 5.91 Å². The summed E-state index contributed by atoms with van der Waals surface area (Å²) in [6.45, 7) is 8.19. The molecule has 2 aromatic carbocycles. The van der Waals surface area contributed by atoms with Crippen LogP contribution in [0.4, 0.5) is 0 Å². The first-order valence-electron chi connectivity index (χ1n) is 11.8. The molecule has 1 aromatic heterocycles. The minimum absolute atomic E-state index is 0.0286. The van der Waals surface area contributed by atoms with Crippen molar-refractivity contribution < 1.29 is 14.3 Å². The molecule has 0 spiro atoms. The molecule has 1 aliphatic heterocycles. The van der Waals surface area contributed by atoms with E-state index in [9.17, 15) is 9.59 Å². The molecule has 0 aliphatic carbocycles. The first-order valence-corrected chi connectivity index (χ1v) is 11.8. The number of aryl methyl sites for hydroxylation is 1. The van der Waals surface area contributed by atoms with Gasteiger partial charge in [-0.25, -0.2) is 0 Å². The lowest BCUT2D eigenvalue weighted by atomic mass is 9.85. The molecule has 0 radical (unpaired) electrons. The molecule has 0 fully saturated rings. The van der Waals surface area contributed by atoms with E-state index >= 15 is 0 Å². The van der Waals surface area contributed by atoms with Crippen LogP contribution in [-0.2, 0) is 13.6 Å². The van der Waals surface area contributed by atoms with E-state index in [4.69, 9.17) is 4.74 Å². The molecule has 1 aliphatic rings. The molecule has 2 atom stereocenters. The molecule has 3 aromatic rings. The minimum atomic E-state index is -0.350. The van der Waals surface area contributed by atoms with Crippen LogP contribution in [0.5, 0.6) is 5.75 Å². The minimum Gasteiger partial charge on any atom is -0.497 e. The van der Waals surface area contributed by atoms with Crippen LogP contribution >= 0.6 is 0 Å². The van der Waals surface area contributed by atoms with Gasteiger partial charge in [-0.2, -0.15) is 0 Å². The van der Waals surface area contributed by atoms with Crippen molar-refractivity contribution in [3.8, 4) is 5.75 Å². The molecule has 2 heterocycles. The van der Waals surface area contributed by atoms with Crippen molar-refractivity contribution in [1.29, 1.82) is 0 Å². The Morgan fingerprint density at radius 3 is 2.44 bits per heavy atom. The Morgan fingerprint density at radius 2 is 1.76 bits per heavy atom. The molecule has 4 rings (SSSR count).